The number of hydrogen-bond acceptors (Lipinski definition) is 2. The van der Waals surface area contributed by atoms with Gasteiger partial charge in [-0.15, -0.1) is 0 Å². The van der Waals surface area contributed by atoms with Crippen LogP contribution in [0.1, 0.15) is 18.1 Å². The summed E-state index contributed by atoms with van der Waals surface area (Å²) in [6, 6.07) is 3.86. The van der Waals surface area contributed by atoms with Gasteiger partial charge >= 0.3 is 12.1 Å². The minimum Gasteiger partial charge on any atom is -0.478 e. The highest BCUT2D eigenvalue weighted by molar-refractivity contribution is 6.19. The van der Waals surface area contributed by atoms with Crippen molar-refractivity contribution in [3.05, 3.63) is 41.0 Å². The smallest absolute Gasteiger partial charge is 0.416 e. The van der Waals surface area contributed by atoms with Gasteiger partial charge in [-0.25, -0.2) is 4.79 Å². The number of ketones is 1. The number of hydrogen-bond donors (Lipinski definition) is 1. The van der Waals surface area contributed by atoms with Crippen LogP contribution in [0.25, 0.3) is 6.08 Å². The zero-order valence-electron chi connectivity index (χ0n) is 9.28. The molecule has 0 saturated carbocycles. The monoisotopic (exact) mass is 258 g/mol. The fourth-order valence-electron chi connectivity index (χ4n) is 1.25. The lowest BCUT2D eigenvalue weighted by atomic mass is 10.1. The Labute approximate surface area is 101 Å². The van der Waals surface area contributed by atoms with Crippen molar-refractivity contribution < 1.29 is 27.9 Å². The van der Waals surface area contributed by atoms with E-state index in [2.05, 4.69) is 0 Å². The first kappa shape index (κ1) is 14.0. The SMILES string of the molecule is CC(=O)C(=Cc1ccc(C(F)(F)F)cc1)C(=O)O. The number of carboxylic acids is 1. The normalized spacial score (nSPS) is 12.3. The van der Waals surface area contributed by atoms with E-state index in [0.29, 0.717) is 0 Å². The predicted molar refractivity (Wildman–Crippen MR) is 57.7 cm³/mol. The number of carbonyl (C=O) groups excluding carboxylic acids is 1. The molecular weight excluding hydrogens is 249 g/mol. The zero-order valence-corrected chi connectivity index (χ0v) is 9.28. The molecule has 0 amide bonds. The molecule has 0 fully saturated rings. The van der Waals surface area contributed by atoms with Gasteiger partial charge in [0.2, 0.25) is 0 Å². The van der Waals surface area contributed by atoms with Crippen molar-refractivity contribution in [1.29, 1.82) is 0 Å². The van der Waals surface area contributed by atoms with E-state index in [-0.39, 0.29) is 5.56 Å². The Bertz CT molecular complexity index is 482. The summed E-state index contributed by atoms with van der Waals surface area (Å²) >= 11 is 0. The van der Waals surface area contributed by atoms with Crippen LogP contribution < -0.4 is 0 Å². The van der Waals surface area contributed by atoms with E-state index in [1.165, 1.54) is 0 Å². The van der Waals surface area contributed by atoms with Crippen LogP contribution >= 0.6 is 0 Å². The van der Waals surface area contributed by atoms with E-state index < -0.39 is 29.1 Å². The van der Waals surface area contributed by atoms with Gasteiger partial charge < -0.3 is 5.11 Å². The molecule has 0 bridgehead atoms. The molecule has 0 unspecified atom stereocenters. The van der Waals surface area contributed by atoms with E-state index in [0.717, 1.165) is 37.3 Å². The van der Waals surface area contributed by atoms with Gasteiger partial charge in [0.1, 0.15) is 5.57 Å². The average Bonchev–Trinajstić information content (AvgIpc) is 2.24. The third kappa shape index (κ3) is 3.44. The van der Waals surface area contributed by atoms with Gasteiger partial charge in [-0.05, 0) is 30.7 Å². The maximum absolute atomic E-state index is 12.3. The van der Waals surface area contributed by atoms with E-state index >= 15 is 0 Å². The van der Waals surface area contributed by atoms with Crippen molar-refractivity contribution in [2.75, 3.05) is 0 Å². The number of benzene rings is 1. The molecule has 1 aromatic carbocycles. The van der Waals surface area contributed by atoms with Crippen LogP contribution in [-0.4, -0.2) is 16.9 Å². The fraction of sp³-hybridized carbons (Fsp3) is 0.167. The molecule has 0 atom stereocenters. The summed E-state index contributed by atoms with van der Waals surface area (Å²) in [4.78, 5) is 21.7. The Balaban J connectivity index is 3.09. The van der Waals surface area contributed by atoms with Crippen molar-refractivity contribution in [2.24, 2.45) is 0 Å². The van der Waals surface area contributed by atoms with Gasteiger partial charge in [0, 0.05) is 0 Å². The highest BCUT2D eigenvalue weighted by Crippen LogP contribution is 2.29. The third-order valence-corrected chi connectivity index (χ3v) is 2.16. The standard InChI is InChI=1S/C12H9F3O3/c1-7(16)10(11(17)18)6-8-2-4-9(5-3-8)12(13,14)15/h2-6H,1H3,(H,17,18). The second-order valence-corrected chi connectivity index (χ2v) is 3.54. The molecule has 0 saturated heterocycles. The molecule has 0 aliphatic heterocycles. The van der Waals surface area contributed by atoms with Crippen LogP contribution in [0, 0.1) is 0 Å². The van der Waals surface area contributed by atoms with E-state index in [1.807, 2.05) is 0 Å². The van der Waals surface area contributed by atoms with E-state index in [9.17, 15) is 22.8 Å². The molecule has 0 heterocycles. The zero-order chi connectivity index (χ0) is 13.9. The Morgan fingerprint density at radius 2 is 1.67 bits per heavy atom. The summed E-state index contributed by atoms with van der Waals surface area (Å²) in [6.45, 7) is 1.07. The minimum absolute atomic E-state index is 0.218. The molecule has 0 spiro atoms. The summed E-state index contributed by atoms with van der Waals surface area (Å²) in [7, 11) is 0. The second kappa shape index (κ2) is 5.03. The van der Waals surface area contributed by atoms with E-state index in [4.69, 9.17) is 5.11 Å². The number of rotatable bonds is 3. The van der Waals surface area contributed by atoms with Crippen LogP contribution in [0.3, 0.4) is 0 Å². The third-order valence-electron chi connectivity index (χ3n) is 2.16. The Morgan fingerprint density at radius 1 is 1.17 bits per heavy atom. The number of aliphatic carboxylic acids is 1. The minimum atomic E-state index is -4.45. The molecule has 0 aromatic heterocycles. The van der Waals surface area contributed by atoms with Gasteiger partial charge in [0.15, 0.2) is 5.78 Å². The highest BCUT2D eigenvalue weighted by Gasteiger charge is 2.29. The quantitative estimate of drug-likeness (QED) is 0.515. The van der Waals surface area contributed by atoms with Crippen LogP contribution in [0.2, 0.25) is 0 Å². The summed E-state index contributed by atoms with van der Waals surface area (Å²) < 4.78 is 36.8. The molecule has 1 aromatic rings. The lowest BCUT2D eigenvalue weighted by molar-refractivity contribution is -0.138. The number of Topliss-reactive ketones (excluding diaryl/α,β-unsaturated/α-hetero) is 1. The maximum Gasteiger partial charge on any atom is 0.416 e. The summed E-state index contributed by atoms with van der Waals surface area (Å²) in [6.07, 6.45) is -3.41. The van der Waals surface area contributed by atoms with Gasteiger partial charge in [-0.2, -0.15) is 13.2 Å². The Kier molecular flexibility index (Phi) is 3.90. The van der Waals surface area contributed by atoms with Gasteiger partial charge in [0.05, 0.1) is 5.56 Å². The molecule has 96 valence electrons. The summed E-state index contributed by atoms with van der Waals surface area (Å²) in [5.74, 6) is -2.08. The van der Waals surface area contributed by atoms with Crippen molar-refractivity contribution in [2.45, 2.75) is 13.1 Å². The fourth-order valence-corrected chi connectivity index (χ4v) is 1.25. The van der Waals surface area contributed by atoms with Crippen molar-refractivity contribution in [1.82, 2.24) is 0 Å². The maximum atomic E-state index is 12.3. The molecule has 1 N–H and O–H groups in total. The molecular formula is C12H9F3O3. The largest absolute Gasteiger partial charge is 0.478 e. The Morgan fingerprint density at radius 3 is 2.00 bits per heavy atom. The van der Waals surface area contributed by atoms with Crippen LogP contribution in [-0.2, 0) is 15.8 Å². The van der Waals surface area contributed by atoms with Crippen LogP contribution in [0.5, 0.6) is 0 Å². The first-order chi connectivity index (χ1) is 8.21. The van der Waals surface area contributed by atoms with Crippen molar-refractivity contribution in [3.8, 4) is 0 Å². The second-order valence-electron chi connectivity index (χ2n) is 3.54. The number of alkyl halides is 3. The molecule has 0 aliphatic carbocycles. The molecule has 1 rings (SSSR count). The number of carbonyl (C=O) groups is 2. The Hall–Kier alpha value is -2.11. The van der Waals surface area contributed by atoms with Crippen molar-refractivity contribution in [3.63, 3.8) is 0 Å². The van der Waals surface area contributed by atoms with Gasteiger partial charge in [-0.1, -0.05) is 12.1 Å². The molecule has 6 heteroatoms. The molecule has 3 nitrogen and oxygen atoms in total. The van der Waals surface area contributed by atoms with Gasteiger partial charge in [0.25, 0.3) is 0 Å². The molecule has 18 heavy (non-hydrogen) atoms. The van der Waals surface area contributed by atoms with Gasteiger partial charge in [-0.3, -0.25) is 4.79 Å². The summed E-state index contributed by atoms with van der Waals surface area (Å²) in [5, 5.41) is 8.72. The lowest BCUT2D eigenvalue weighted by Gasteiger charge is -2.06. The van der Waals surface area contributed by atoms with Crippen molar-refractivity contribution >= 4 is 17.8 Å². The molecule has 0 radical (unpaired) electrons. The summed E-state index contributed by atoms with van der Waals surface area (Å²) in [5.41, 5.74) is -1.09. The first-order valence-electron chi connectivity index (χ1n) is 4.85. The van der Waals surface area contributed by atoms with E-state index in [1.54, 1.807) is 0 Å². The number of halogens is 3. The first-order valence-corrected chi connectivity index (χ1v) is 4.85. The van der Waals surface area contributed by atoms with Crippen LogP contribution in [0.4, 0.5) is 13.2 Å². The number of carboxylic acid groups (broad SMARTS) is 1. The topological polar surface area (TPSA) is 54.4 Å². The predicted octanol–water partition coefficient (Wildman–Crippen LogP) is 2.76. The lowest BCUT2D eigenvalue weighted by Crippen LogP contribution is -2.08. The average molecular weight is 258 g/mol. The highest BCUT2D eigenvalue weighted by atomic mass is 19.4. The molecule has 0 aliphatic rings. The van der Waals surface area contributed by atoms with Crippen LogP contribution in [0.15, 0.2) is 29.8 Å².